The third kappa shape index (κ3) is 2.11. The Labute approximate surface area is 116 Å². The van der Waals surface area contributed by atoms with Crippen LogP contribution in [0.2, 0.25) is 0 Å². The standard InChI is InChI=1S/C17H14FNO/c1-11(12-5-3-2-4-6-12)17(20)15-10-19-16-8-7-13(18)9-14(15)16/h2-11,19H,1H3. The molecule has 100 valence electrons. The number of halogens is 1. The minimum atomic E-state index is -0.335. The van der Waals surface area contributed by atoms with Gasteiger partial charge in [-0.1, -0.05) is 37.3 Å². The van der Waals surface area contributed by atoms with Crippen molar-refractivity contribution in [1.82, 2.24) is 4.98 Å². The number of nitrogens with one attached hydrogen (secondary N) is 1. The fourth-order valence-corrected chi connectivity index (χ4v) is 2.42. The molecule has 0 bridgehead atoms. The summed E-state index contributed by atoms with van der Waals surface area (Å²) in [7, 11) is 0. The Morgan fingerprint density at radius 2 is 1.90 bits per heavy atom. The van der Waals surface area contributed by atoms with Gasteiger partial charge in [0, 0.05) is 28.6 Å². The van der Waals surface area contributed by atoms with Crippen LogP contribution in [0.5, 0.6) is 0 Å². The Morgan fingerprint density at radius 1 is 1.15 bits per heavy atom. The predicted molar refractivity (Wildman–Crippen MR) is 77.4 cm³/mol. The second-order valence-electron chi connectivity index (χ2n) is 4.89. The highest BCUT2D eigenvalue weighted by atomic mass is 19.1. The van der Waals surface area contributed by atoms with E-state index in [-0.39, 0.29) is 17.5 Å². The maximum Gasteiger partial charge on any atom is 0.172 e. The molecule has 20 heavy (non-hydrogen) atoms. The number of H-pyrrole nitrogens is 1. The lowest BCUT2D eigenvalue weighted by atomic mass is 9.92. The van der Waals surface area contributed by atoms with E-state index in [9.17, 15) is 9.18 Å². The van der Waals surface area contributed by atoms with Gasteiger partial charge in [-0.05, 0) is 23.8 Å². The lowest BCUT2D eigenvalue weighted by Gasteiger charge is -2.10. The first-order chi connectivity index (χ1) is 9.66. The van der Waals surface area contributed by atoms with E-state index in [1.165, 1.54) is 12.1 Å². The highest BCUT2D eigenvalue weighted by Crippen LogP contribution is 2.26. The third-order valence-corrected chi connectivity index (χ3v) is 3.60. The molecule has 1 N–H and O–H groups in total. The summed E-state index contributed by atoms with van der Waals surface area (Å²) < 4.78 is 13.4. The number of fused-ring (bicyclic) bond motifs is 1. The molecule has 0 radical (unpaired) electrons. The Kier molecular flexibility index (Phi) is 3.11. The Bertz CT molecular complexity index is 761. The van der Waals surface area contributed by atoms with E-state index in [4.69, 9.17) is 0 Å². The predicted octanol–water partition coefficient (Wildman–Crippen LogP) is 4.29. The van der Waals surface area contributed by atoms with Crippen LogP contribution in [0.1, 0.15) is 28.8 Å². The first-order valence-corrected chi connectivity index (χ1v) is 6.52. The molecule has 1 atom stereocenters. The van der Waals surface area contributed by atoms with E-state index in [0.29, 0.717) is 10.9 Å². The van der Waals surface area contributed by atoms with Gasteiger partial charge in [-0.25, -0.2) is 4.39 Å². The van der Waals surface area contributed by atoms with Crippen molar-refractivity contribution in [2.75, 3.05) is 0 Å². The zero-order valence-electron chi connectivity index (χ0n) is 11.1. The lowest BCUT2D eigenvalue weighted by Crippen LogP contribution is -2.09. The van der Waals surface area contributed by atoms with Crippen molar-refractivity contribution in [1.29, 1.82) is 0 Å². The maximum absolute atomic E-state index is 13.4. The molecule has 2 nitrogen and oxygen atoms in total. The van der Waals surface area contributed by atoms with Gasteiger partial charge in [-0.2, -0.15) is 0 Å². The number of aromatic amines is 1. The van der Waals surface area contributed by atoms with Gasteiger partial charge in [0.15, 0.2) is 5.78 Å². The average Bonchev–Trinajstić information content (AvgIpc) is 2.89. The van der Waals surface area contributed by atoms with Gasteiger partial charge >= 0.3 is 0 Å². The smallest absolute Gasteiger partial charge is 0.172 e. The number of ketones is 1. The van der Waals surface area contributed by atoms with Crippen molar-refractivity contribution in [2.45, 2.75) is 12.8 Å². The average molecular weight is 267 g/mol. The number of aromatic nitrogens is 1. The first kappa shape index (κ1) is 12.6. The van der Waals surface area contributed by atoms with E-state index in [2.05, 4.69) is 4.98 Å². The first-order valence-electron chi connectivity index (χ1n) is 6.52. The molecular weight excluding hydrogens is 253 g/mol. The molecule has 0 saturated heterocycles. The fourth-order valence-electron chi connectivity index (χ4n) is 2.42. The van der Waals surface area contributed by atoms with Gasteiger partial charge in [-0.3, -0.25) is 4.79 Å². The lowest BCUT2D eigenvalue weighted by molar-refractivity contribution is 0.0968. The molecule has 2 aromatic carbocycles. The van der Waals surface area contributed by atoms with Crippen molar-refractivity contribution in [3.8, 4) is 0 Å². The second kappa shape index (κ2) is 4.93. The Hall–Kier alpha value is -2.42. The monoisotopic (exact) mass is 267 g/mol. The van der Waals surface area contributed by atoms with Crippen LogP contribution in [0.15, 0.2) is 54.7 Å². The molecule has 1 unspecified atom stereocenters. The van der Waals surface area contributed by atoms with Gasteiger partial charge in [0.2, 0.25) is 0 Å². The number of hydrogen-bond acceptors (Lipinski definition) is 1. The molecule has 0 aliphatic carbocycles. The summed E-state index contributed by atoms with van der Waals surface area (Å²) in [5.41, 5.74) is 2.27. The minimum Gasteiger partial charge on any atom is -0.360 e. The molecule has 0 amide bonds. The van der Waals surface area contributed by atoms with Crippen molar-refractivity contribution < 1.29 is 9.18 Å². The summed E-state index contributed by atoms with van der Waals surface area (Å²) in [4.78, 5) is 15.6. The fraction of sp³-hybridized carbons (Fsp3) is 0.118. The number of carbonyl (C=O) groups is 1. The highest BCUT2D eigenvalue weighted by molar-refractivity contribution is 6.10. The topological polar surface area (TPSA) is 32.9 Å². The summed E-state index contributed by atoms with van der Waals surface area (Å²) in [5, 5.41) is 0.637. The summed E-state index contributed by atoms with van der Waals surface area (Å²) in [6.07, 6.45) is 1.66. The van der Waals surface area contributed by atoms with Crippen LogP contribution < -0.4 is 0 Å². The summed E-state index contributed by atoms with van der Waals surface area (Å²) in [6, 6.07) is 14.0. The van der Waals surface area contributed by atoms with E-state index in [1.807, 2.05) is 37.3 Å². The van der Waals surface area contributed by atoms with Gasteiger partial charge < -0.3 is 4.98 Å². The van der Waals surface area contributed by atoms with Crippen LogP contribution in [-0.4, -0.2) is 10.8 Å². The number of carbonyl (C=O) groups excluding carboxylic acids is 1. The molecule has 0 aliphatic heterocycles. The van der Waals surface area contributed by atoms with Crippen LogP contribution in [0.4, 0.5) is 4.39 Å². The van der Waals surface area contributed by atoms with Crippen LogP contribution in [0, 0.1) is 5.82 Å². The van der Waals surface area contributed by atoms with Gasteiger partial charge in [0.25, 0.3) is 0 Å². The maximum atomic E-state index is 13.4. The van der Waals surface area contributed by atoms with Crippen LogP contribution >= 0.6 is 0 Å². The zero-order chi connectivity index (χ0) is 14.1. The van der Waals surface area contributed by atoms with Crippen molar-refractivity contribution >= 4 is 16.7 Å². The molecular formula is C17H14FNO. The summed E-state index contributed by atoms with van der Waals surface area (Å²) in [6.45, 7) is 1.87. The largest absolute Gasteiger partial charge is 0.360 e. The minimum absolute atomic E-state index is 0.00644. The molecule has 0 spiro atoms. The number of rotatable bonds is 3. The van der Waals surface area contributed by atoms with E-state index >= 15 is 0 Å². The molecule has 3 heteroatoms. The van der Waals surface area contributed by atoms with Gasteiger partial charge in [0.05, 0.1) is 0 Å². The molecule has 3 aromatic rings. The van der Waals surface area contributed by atoms with Gasteiger partial charge in [-0.15, -0.1) is 0 Å². The molecule has 3 rings (SSSR count). The molecule has 0 aliphatic rings. The quantitative estimate of drug-likeness (QED) is 0.705. The van der Waals surface area contributed by atoms with Crippen LogP contribution in [0.25, 0.3) is 10.9 Å². The number of hydrogen-bond donors (Lipinski definition) is 1. The Balaban J connectivity index is 2.03. The summed E-state index contributed by atoms with van der Waals surface area (Å²) >= 11 is 0. The molecule has 1 aromatic heterocycles. The number of Topliss-reactive ketones (excluding diaryl/α,β-unsaturated/α-hetero) is 1. The molecule has 1 heterocycles. The highest BCUT2D eigenvalue weighted by Gasteiger charge is 2.20. The van der Waals surface area contributed by atoms with Crippen LogP contribution in [0.3, 0.4) is 0 Å². The van der Waals surface area contributed by atoms with E-state index < -0.39 is 0 Å². The molecule has 0 fully saturated rings. The normalized spacial score (nSPS) is 12.5. The Morgan fingerprint density at radius 3 is 2.65 bits per heavy atom. The molecule has 0 saturated carbocycles. The second-order valence-corrected chi connectivity index (χ2v) is 4.89. The third-order valence-electron chi connectivity index (χ3n) is 3.60. The van der Waals surface area contributed by atoms with Crippen molar-refractivity contribution in [3.05, 3.63) is 71.7 Å². The summed E-state index contributed by atoms with van der Waals surface area (Å²) in [5.74, 6) is -0.593. The van der Waals surface area contributed by atoms with Crippen molar-refractivity contribution in [3.63, 3.8) is 0 Å². The van der Waals surface area contributed by atoms with E-state index in [1.54, 1.807) is 12.3 Å². The van der Waals surface area contributed by atoms with Gasteiger partial charge in [0.1, 0.15) is 5.82 Å². The van der Waals surface area contributed by atoms with Crippen molar-refractivity contribution in [2.24, 2.45) is 0 Å². The SMILES string of the molecule is CC(C(=O)c1c[nH]c2ccc(F)cc12)c1ccccc1. The number of benzene rings is 2. The zero-order valence-corrected chi connectivity index (χ0v) is 11.1. The van der Waals surface area contributed by atoms with E-state index in [0.717, 1.165) is 11.1 Å². The van der Waals surface area contributed by atoms with Crippen LogP contribution in [-0.2, 0) is 0 Å².